The van der Waals surface area contributed by atoms with E-state index in [1.165, 1.54) is 12.8 Å². The lowest BCUT2D eigenvalue weighted by Gasteiger charge is -2.15. The molecule has 1 fully saturated rings. The zero-order chi connectivity index (χ0) is 11.5. The van der Waals surface area contributed by atoms with Crippen molar-refractivity contribution in [3.8, 4) is 0 Å². The Kier molecular flexibility index (Phi) is 3.46. The minimum Gasteiger partial charge on any atom is -0.387 e. The van der Waals surface area contributed by atoms with Gasteiger partial charge >= 0.3 is 0 Å². The Labute approximate surface area is 97.1 Å². The molecule has 16 heavy (non-hydrogen) atoms. The molecule has 1 aromatic carbocycles. The fourth-order valence-electron chi connectivity index (χ4n) is 1.68. The zero-order valence-corrected chi connectivity index (χ0v) is 9.98. The smallest absolute Gasteiger partial charge is 0.0914 e. The van der Waals surface area contributed by atoms with Crippen LogP contribution in [-0.4, -0.2) is 31.8 Å². The molecule has 1 aliphatic carbocycles. The van der Waals surface area contributed by atoms with Gasteiger partial charge in [-0.25, -0.2) is 0 Å². The van der Waals surface area contributed by atoms with Crippen LogP contribution in [0.2, 0.25) is 0 Å². The van der Waals surface area contributed by atoms with Crippen molar-refractivity contribution in [2.45, 2.75) is 25.0 Å². The highest BCUT2D eigenvalue weighted by atomic mass is 16.3. The van der Waals surface area contributed by atoms with E-state index in [2.05, 4.69) is 10.2 Å². The summed E-state index contributed by atoms with van der Waals surface area (Å²) in [5.41, 5.74) is 2.14. The molecule has 0 aliphatic heterocycles. The Morgan fingerprint density at radius 3 is 2.44 bits per heavy atom. The first-order valence-corrected chi connectivity index (χ1v) is 5.85. The van der Waals surface area contributed by atoms with E-state index in [1.54, 1.807) is 0 Å². The third-order valence-electron chi connectivity index (χ3n) is 2.97. The molecule has 88 valence electrons. The van der Waals surface area contributed by atoms with Crippen LogP contribution in [0.1, 0.15) is 24.5 Å². The van der Waals surface area contributed by atoms with Crippen LogP contribution >= 0.6 is 0 Å². The number of benzene rings is 1. The third-order valence-corrected chi connectivity index (χ3v) is 2.97. The van der Waals surface area contributed by atoms with E-state index in [9.17, 15) is 5.11 Å². The second-order valence-corrected chi connectivity index (χ2v) is 4.68. The van der Waals surface area contributed by atoms with Gasteiger partial charge in [0.15, 0.2) is 0 Å². The predicted molar refractivity (Wildman–Crippen MR) is 66.8 cm³/mol. The number of nitrogens with zero attached hydrogens (tertiary/aromatic N) is 1. The van der Waals surface area contributed by atoms with Crippen molar-refractivity contribution in [3.63, 3.8) is 0 Å². The van der Waals surface area contributed by atoms with Crippen molar-refractivity contribution < 1.29 is 5.11 Å². The standard InChI is InChI=1S/C13H20N2O/c1-15(2)12-7-3-10(4-8-12)13(16)9-14-11-5-6-11/h3-4,7-8,11,13-14,16H,5-6,9H2,1-2H3. The fourth-order valence-corrected chi connectivity index (χ4v) is 1.68. The largest absolute Gasteiger partial charge is 0.387 e. The second kappa shape index (κ2) is 4.85. The summed E-state index contributed by atoms with van der Waals surface area (Å²) in [6.07, 6.45) is 2.12. The van der Waals surface area contributed by atoms with Gasteiger partial charge in [-0.3, -0.25) is 0 Å². The van der Waals surface area contributed by atoms with Gasteiger partial charge in [0.1, 0.15) is 0 Å². The topological polar surface area (TPSA) is 35.5 Å². The van der Waals surface area contributed by atoms with E-state index in [0.717, 1.165) is 11.3 Å². The lowest BCUT2D eigenvalue weighted by atomic mass is 10.1. The van der Waals surface area contributed by atoms with E-state index in [-0.39, 0.29) is 0 Å². The molecule has 2 N–H and O–H groups in total. The molecule has 0 amide bonds. The molecule has 3 heteroatoms. The fraction of sp³-hybridized carbons (Fsp3) is 0.538. The summed E-state index contributed by atoms with van der Waals surface area (Å²) in [7, 11) is 4.03. The highest BCUT2D eigenvalue weighted by Crippen LogP contribution is 2.21. The van der Waals surface area contributed by atoms with E-state index in [0.29, 0.717) is 12.6 Å². The lowest BCUT2D eigenvalue weighted by Crippen LogP contribution is -2.23. The second-order valence-electron chi connectivity index (χ2n) is 4.68. The molecule has 0 heterocycles. The van der Waals surface area contributed by atoms with Crippen LogP contribution in [0.3, 0.4) is 0 Å². The number of rotatable bonds is 5. The minimum atomic E-state index is -0.392. The van der Waals surface area contributed by atoms with E-state index < -0.39 is 6.10 Å². The summed E-state index contributed by atoms with van der Waals surface area (Å²) < 4.78 is 0. The van der Waals surface area contributed by atoms with Gasteiger partial charge < -0.3 is 15.3 Å². The third kappa shape index (κ3) is 2.97. The monoisotopic (exact) mass is 220 g/mol. The Bertz CT molecular complexity index is 330. The quantitative estimate of drug-likeness (QED) is 0.790. The number of hydrogen-bond acceptors (Lipinski definition) is 3. The molecule has 0 radical (unpaired) electrons. The van der Waals surface area contributed by atoms with Crippen LogP contribution < -0.4 is 10.2 Å². The molecule has 1 aromatic rings. The van der Waals surface area contributed by atoms with Crippen molar-refractivity contribution in [2.24, 2.45) is 0 Å². The molecule has 0 spiro atoms. The number of aliphatic hydroxyl groups is 1. The molecule has 1 saturated carbocycles. The minimum absolute atomic E-state index is 0.392. The molecular formula is C13H20N2O. The maximum atomic E-state index is 9.95. The summed E-state index contributed by atoms with van der Waals surface area (Å²) in [6, 6.07) is 8.71. The van der Waals surface area contributed by atoms with E-state index in [1.807, 2.05) is 38.4 Å². The number of hydrogen-bond donors (Lipinski definition) is 2. The normalized spacial score (nSPS) is 17.2. The van der Waals surface area contributed by atoms with Crippen LogP contribution in [0, 0.1) is 0 Å². The highest BCUT2D eigenvalue weighted by Gasteiger charge is 2.21. The van der Waals surface area contributed by atoms with Crippen molar-refractivity contribution >= 4 is 5.69 Å². The number of nitrogens with one attached hydrogen (secondary N) is 1. The first-order valence-electron chi connectivity index (χ1n) is 5.85. The number of anilines is 1. The molecule has 3 nitrogen and oxygen atoms in total. The number of aliphatic hydroxyl groups excluding tert-OH is 1. The maximum absolute atomic E-state index is 9.95. The van der Waals surface area contributed by atoms with Crippen molar-refractivity contribution in [1.29, 1.82) is 0 Å². The molecule has 0 saturated heterocycles. The van der Waals surface area contributed by atoms with Gasteiger partial charge in [-0.05, 0) is 30.5 Å². The summed E-state index contributed by atoms with van der Waals surface area (Å²) in [5, 5.41) is 13.3. The molecule has 1 unspecified atom stereocenters. The van der Waals surface area contributed by atoms with Crippen molar-refractivity contribution in [3.05, 3.63) is 29.8 Å². The van der Waals surface area contributed by atoms with Crippen molar-refractivity contribution in [1.82, 2.24) is 5.32 Å². The molecule has 1 aliphatic rings. The molecule has 0 bridgehead atoms. The molecule has 0 aromatic heterocycles. The van der Waals surface area contributed by atoms with Crippen LogP contribution in [-0.2, 0) is 0 Å². The van der Waals surface area contributed by atoms with Crippen LogP contribution in [0.25, 0.3) is 0 Å². The Hall–Kier alpha value is -1.06. The van der Waals surface area contributed by atoms with Crippen LogP contribution in [0.15, 0.2) is 24.3 Å². The average molecular weight is 220 g/mol. The molecule has 1 atom stereocenters. The van der Waals surface area contributed by atoms with Crippen molar-refractivity contribution in [2.75, 3.05) is 25.5 Å². The average Bonchev–Trinajstić information content (AvgIpc) is 3.10. The van der Waals surface area contributed by atoms with Gasteiger partial charge in [0.05, 0.1) is 6.10 Å². The molecule has 2 rings (SSSR count). The first kappa shape index (κ1) is 11.4. The summed E-state index contributed by atoms with van der Waals surface area (Å²) >= 11 is 0. The summed E-state index contributed by atoms with van der Waals surface area (Å²) in [4.78, 5) is 2.05. The van der Waals surface area contributed by atoms with Crippen LogP contribution in [0.4, 0.5) is 5.69 Å². The Morgan fingerprint density at radius 2 is 1.94 bits per heavy atom. The van der Waals surface area contributed by atoms with Gasteiger partial charge in [0.25, 0.3) is 0 Å². The summed E-state index contributed by atoms with van der Waals surface area (Å²) in [6.45, 7) is 0.659. The SMILES string of the molecule is CN(C)c1ccc(C(O)CNC2CC2)cc1. The van der Waals surface area contributed by atoms with Gasteiger partial charge in [0, 0.05) is 32.4 Å². The first-order chi connectivity index (χ1) is 7.66. The van der Waals surface area contributed by atoms with E-state index in [4.69, 9.17) is 0 Å². The van der Waals surface area contributed by atoms with Gasteiger partial charge in [-0.15, -0.1) is 0 Å². The predicted octanol–water partition coefficient (Wildman–Crippen LogP) is 1.54. The Morgan fingerprint density at radius 1 is 1.31 bits per heavy atom. The summed E-state index contributed by atoms with van der Waals surface area (Å²) in [5.74, 6) is 0. The van der Waals surface area contributed by atoms with Crippen LogP contribution in [0.5, 0.6) is 0 Å². The zero-order valence-electron chi connectivity index (χ0n) is 9.98. The Balaban J connectivity index is 1.91. The molecular weight excluding hydrogens is 200 g/mol. The van der Waals surface area contributed by atoms with Gasteiger partial charge in [-0.1, -0.05) is 12.1 Å². The highest BCUT2D eigenvalue weighted by molar-refractivity contribution is 5.46. The van der Waals surface area contributed by atoms with Gasteiger partial charge in [-0.2, -0.15) is 0 Å². The van der Waals surface area contributed by atoms with E-state index >= 15 is 0 Å². The maximum Gasteiger partial charge on any atom is 0.0914 e. The lowest BCUT2D eigenvalue weighted by molar-refractivity contribution is 0.174. The van der Waals surface area contributed by atoms with Gasteiger partial charge in [0.2, 0.25) is 0 Å².